The van der Waals surface area contributed by atoms with Gasteiger partial charge in [-0.1, -0.05) is 18.2 Å². The molecule has 1 aromatic heterocycles. The van der Waals surface area contributed by atoms with Crippen molar-refractivity contribution in [1.82, 2.24) is 9.78 Å². The summed E-state index contributed by atoms with van der Waals surface area (Å²) in [5, 5.41) is 7.29. The molecule has 0 unspecified atom stereocenters. The standard InChI is InChI=1S/C18H18F3N3O/c1-24-16(11-6-4-8-15(11)23-24)22-17(25)13-9-12(13)10-5-2-3-7-14(10)18(19,20)21/h2-3,5,7,12-13H,4,6,8-9H2,1H3,(H,22,25)/t12-,13-/m0/s1. The van der Waals surface area contributed by atoms with E-state index < -0.39 is 17.7 Å². The maximum atomic E-state index is 13.2. The van der Waals surface area contributed by atoms with Gasteiger partial charge < -0.3 is 5.32 Å². The van der Waals surface area contributed by atoms with Crippen LogP contribution in [0.25, 0.3) is 0 Å². The number of anilines is 1. The zero-order chi connectivity index (χ0) is 17.8. The molecule has 25 heavy (non-hydrogen) atoms. The molecule has 4 nitrogen and oxygen atoms in total. The van der Waals surface area contributed by atoms with Crippen LogP contribution in [0.3, 0.4) is 0 Å². The third-order valence-electron chi connectivity index (χ3n) is 5.10. The molecule has 0 aliphatic heterocycles. The van der Waals surface area contributed by atoms with E-state index in [2.05, 4.69) is 10.4 Å². The molecule has 1 amide bonds. The minimum absolute atomic E-state index is 0.213. The van der Waals surface area contributed by atoms with E-state index in [0.29, 0.717) is 12.2 Å². The number of nitrogens with zero attached hydrogens (tertiary/aromatic N) is 2. The molecule has 4 rings (SSSR count). The van der Waals surface area contributed by atoms with Gasteiger partial charge in [-0.15, -0.1) is 0 Å². The molecule has 2 atom stereocenters. The summed E-state index contributed by atoms with van der Waals surface area (Å²) in [6.07, 6.45) is -1.15. The Morgan fingerprint density at radius 3 is 2.80 bits per heavy atom. The van der Waals surface area contributed by atoms with Crippen molar-refractivity contribution in [3.8, 4) is 0 Å². The van der Waals surface area contributed by atoms with Crippen molar-refractivity contribution in [2.75, 3.05) is 5.32 Å². The van der Waals surface area contributed by atoms with Crippen LogP contribution in [0.1, 0.15) is 41.1 Å². The molecule has 0 bridgehead atoms. The fraction of sp³-hybridized carbons (Fsp3) is 0.444. The Kier molecular flexibility index (Phi) is 3.63. The average Bonchev–Trinajstić information content (AvgIpc) is 3.15. The van der Waals surface area contributed by atoms with E-state index in [1.807, 2.05) is 0 Å². The summed E-state index contributed by atoms with van der Waals surface area (Å²) in [6, 6.07) is 5.52. The molecule has 0 radical (unpaired) electrons. The molecule has 0 saturated heterocycles. The van der Waals surface area contributed by atoms with Crippen molar-refractivity contribution in [3.63, 3.8) is 0 Å². The van der Waals surface area contributed by atoms with Gasteiger partial charge in [-0.05, 0) is 43.2 Å². The summed E-state index contributed by atoms with van der Waals surface area (Å²) in [5.41, 5.74) is 1.64. The minimum atomic E-state index is -4.40. The molecule has 1 saturated carbocycles. The van der Waals surface area contributed by atoms with E-state index >= 15 is 0 Å². The highest BCUT2D eigenvalue weighted by Crippen LogP contribution is 2.51. The molecule has 2 aromatic rings. The van der Waals surface area contributed by atoms with Crippen LogP contribution in [-0.2, 0) is 30.9 Å². The van der Waals surface area contributed by atoms with Gasteiger partial charge >= 0.3 is 6.18 Å². The second-order valence-electron chi connectivity index (χ2n) is 6.77. The molecule has 1 fully saturated rings. The second-order valence-corrected chi connectivity index (χ2v) is 6.77. The lowest BCUT2D eigenvalue weighted by Gasteiger charge is -2.12. The van der Waals surface area contributed by atoms with Gasteiger partial charge in [-0.2, -0.15) is 18.3 Å². The zero-order valence-corrected chi connectivity index (χ0v) is 13.7. The summed E-state index contributed by atoms with van der Waals surface area (Å²) >= 11 is 0. The van der Waals surface area contributed by atoms with Gasteiger partial charge in [0.1, 0.15) is 5.82 Å². The quantitative estimate of drug-likeness (QED) is 0.919. The predicted octanol–water partition coefficient (Wildman–Crippen LogP) is 3.67. The number of carbonyl (C=O) groups excluding carboxylic acids is 1. The summed E-state index contributed by atoms with van der Waals surface area (Å²) in [5.74, 6) is -0.332. The van der Waals surface area contributed by atoms with Gasteiger partial charge in [-0.25, -0.2) is 0 Å². The fourth-order valence-electron chi connectivity index (χ4n) is 3.79. The van der Waals surface area contributed by atoms with Crippen molar-refractivity contribution in [3.05, 3.63) is 46.6 Å². The van der Waals surface area contributed by atoms with Crippen LogP contribution in [0.2, 0.25) is 0 Å². The minimum Gasteiger partial charge on any atom is -0.310 e. The molecule has 7 heteroatoms. The number of rotatable bonds is 3. The number of fused-ring (bicyclic) bond motifs is 1. The first-order valence-electron chi connectivity index (χ1n) is 8.38. The highest BCUT2D eigenvalue weighted by Gasteiger charge is 2.48. The first kappa shape index (κ1) is 16.2. The maximum absolute atomic E-state index is 13.2. The van der Waals surface area contributed by atoms with Crippen molar-refractivity contribution >= 4 is 11.7 Å². The number of hydrogen-bond acceptors (Lipinski definition) is 2. The van der Waals surface area contributed by atoms with Crippen LogP contribution in [0, 0.1) is 5.92 Å². The summed E-state index contributed by atoms with van der Waals surface area (Å²) in [4.78, 5) is 12.5. The summed E-state index contributed by atoms with van der Waals surface area (Å²) in [6.45, 7) is 0. The van der Waals surface area contributed by atoms with Gasteiger partial charge in [0.2, 0.25) is 5.91 Å². The Balaban J connectivity index is 1.52. The number of halogens is 3. The maximum Gasteiger partial charge on any atom is 0.416 e. The Labute approximate surface area is 143 Å². The van der Waals surface area contributed by atoms with Gasteiger partial charge in [0.05, 0.1) is 11.3 Å². The Hall–Kier alpha value is -2.31. The Morgan fingerprint density at radius 1 is 1.28 bits per heavy atom. The van der Waals surface area contributed by atoms with Gasteiger partial charge in [0.15, 0.2) is 0 Å². The smallest absolute Gasteiger partial charge is 0.310 e. The number of aryl methyl sites for hydroxylation is 2. The molecule has 2 aliphatic rings. The third kappa shape index (κ3) is 2.81. The van der Waals surface area contributed by atoms with E-state index in [0.717, 1.165) is 36.6 Å². The lowest BCUT2D eigenvalue weighted by atomic mass is 10.0. The number of amides is 1. The largest absolute Gasteiger partial charge is 0.416 e. The average molecular weight is 349 g/mol. The molecule has 1 N–H and O–H groups in total. The highest BCUT2D eigenvalue weighted by molar-refractivity contribution is 5.95. The van der Waals surface area contributed by atoms with Gasteiger partial charge in [-0.3, -0.25) is 9.48 Å². The van der Waals surface area contributed by atoms with Crippen molar-refractivity contribution < 1.29 is 18.0 Å². The number of hydrogen-bond donors (Lipinski definition) is 1. The molecule has 1 heterocycles. The topological polar surface area (TPSA) is 46.9 Å². The van der Waals surface area contributed by atoms with Crippen LogP contribution in [-0.4, -0.2) is 15.7 Å². The SMILES string of the molecule is Cn1nc2c(c1NC(=O)[C@H]1C[C@H]1c1ccccc1C(F)(F)F)CCC2. The van der Waals surface area contributed by atoms with E-state index in [4.69, 9.17) is 0 Å². The van der Waals surface area contributed by atoms with Gasteiger partial charge in [0.25, 0.3) is 0 Å². The van der Waals surface area contributed by atoms with Crippen LogP contribution in [0.4, 0.5) is 19.0 Å². The van der Waals surface area contributed by atoms with Gasteiger partial charge in [0, 0.05) is 18.5 Å². The van der Waals surface area contributed by atoms with Crippen molar-refractivity contribution in [1.29, 1.82) is 0 Å². The number of aromatic nitrogens is 2. The predicted molar refractivity (Wildman–Crippen MR) is 86.2 cm³/mol. The van der Waals surface area contributed by atoms with Crippen LogP contribution < -0.4 is 5.32 Å². The van der Waals surface area contributed by atoms with E-state index in [-0.39, 0.29) is 17.4 Å². The second kappa shape index (κ2) is 5.61. The van der Waals surface area contributed by atoms with Crippen LogP contribution in [0.5, 0.6) is 0 Å². The lowest BCUT2D eigenvalue weighted by Crippen LogP contribution is -2.18. The number of carbonyl (C=O) groups is 1. The lowest BCUT2D eigenvalue weighted by molar-refractivity contribution is -0.138. The molecule has 132 valence electrons. The van der Waals surface area contributed by atoms with Crippen molar-refractivity contribution in [2.24, 2.45) is 13.0 Å². The van der Waals surface area contributed by atoms with Crippen LogP contribution in [0.15, 0.2) is 24.3 Å². The van der Waals surface area contributed by atoms with E-state index in [9.17, 15) is 18.0 Å². The third-order valence-corrected chi connectivity index (χ3v) is 5.10. The Bertz CT molecular complexity index is 841. The summed E-state index contributed by atoms with van der Waals surface area (Å²) in [7, 11) is 1.78. The monoisotopic (exact) mass is 349 g/mol. The van der Waals surface area contributed by atoms with Crippen LogP contribution >= 0.6 is 0 Å². The first-order chi connectivity index (χ1) is 11.9. The number of nitrogens with one attached hydrogen (secondary N) is 1. The molecular weight excluding hydrogens is 331 g/mol. The van der Waals surface area contributed by atoms with E-state index in [1.165, 1.54) is 12.1 Å². The molecular formula is C18H18F3N3O. The Morgan fingerprint density at radius 2 is 2.04 bits per heavy atom. The molecule has 1 aromatic carbocycles. The van der Waals surface area contributed by atoms with E-state index in [1.54, 1.807) is 17.8 Å². The zero-order valence-electron chi connectivity index (χ0n) is 13.7. The van der Waals surface area contributed by atoms with Crippen molar-refractivity contribution in [2.45, 2.75) is 37.8 Å². The first-order valence-corrected chi connectivity index (χ1v) is 8.38. The molecule has 0 spiro atoms. The fourth-order valence-corrected chi connectivity index (χ4v) is 3.79. The normalized spacial score (nSPS) is 21.9. The highest BCUT2D eigenvalue weighted by atomic mass is 19.4. The number of alkyl halides is 3. The molecule has 2 aliphatic carbocycles. The summed E-state index contributed by atoms with van der Waals surface area (Å²) < 4.78 is 41.1. The number of benzene rings is 1.